The van der Waals surface area contributed by atoms with Crippen LogP contribution in [0.1, 0.15) is 25.1 Å². The number of anilines is 3. The largest absolute Gasteiger partial charge is 0.451 e. The number of hydrazine groups is 1. The van der Waals surface area contributed by atoms with E-state index in [4.69, 9.17) is 15.0 Å². The molecule has 3 rings (SSSR count). The van der Waals surface area contributed by atoms with E-state index in [0.29, 0.717) is 5.82 Å². The van der Waals surface area contributed by atoms with E-state index in [2.05, 4.69) is 25.5 Å². The summed E-state index contributed by atoms with van der Waals surface area (Å²) in [4.78, 5) is 13.1. The van der Waals surface area contributed by atoms with Crippen molar-refractivity contribution in [1.82, 2.24) is 25.5 Å². The molecule has 2 aromatic rings. The number of nitrogens with zero attached hydrogens (tertiary/aromatic N) is 6. The number of ether oxygens (including phenoxy) is 1. The van der Waals surface area contributed by atoms with Gasteiger partial charge in [0.2, 0.25) is 5.89 Å². The highest BCUT2D eigenvalue weighted by atomic mass is 19.4. The second kappa shape index (κ2) is 8.28. The van der Waals surface area contributed by atoms with Crippen LogP contribution in [0.2, 0.25) is 0 Å². The van der Waals surface area contributed by atoms with Gasteiger partial charge in [-0.2, -0.15) is 28.1 Å². The minimum atomic E-state index is -4.68. The van der Waals surface area contributed by atoms with Crippen molar-refractivity contribution in [3.63, 3.8) is 0 Å². The van der Waals surface area contributed by atoms with Gasteiger partial charge in [-0.1, -0.05) is 5.16 Å². The highest BCUT2D eigenvalue weighted by Gasteiger charge is 2.41. The number of nitrogens with one attached hydrogen (secondary N) is 1. The van der Waals surface area contributed by atoms with E-state index in [1.54, 1.807) is 6.92 Å². The van der Waals surface area contributed by atoms with E-state index < -0.39 is 37.2 Å². The van der Waals surface area contributed by atoms with E-state index in [1.807, 2.05) is 0 Å². The van der Waals surface area contributed by atoms with Crippen LogP contribution in [0.4, 0.5) is 39.3 Å². The van der Waals surface area contributed by atoms with Crippen LogP contribution in [-0.4, -0.2) is 58.4 Å². The summed E-state index contributed by atoms with van der Waals surface area (Å²) in [5.74, 6) is -2.71. The second-order valence-corrected chi connectivity index (χ2v) is 6.94. The van der Waals surface area contributed by atoms with Gasteiger partial charge in [0.1, 0.15) is 12.2 Å². The van der Waals surface area contributed by atoms with Crippen molar-refractivity contribution in [1.29, 1.82) is 0 Å². The van der Waals surface area contributed by atoms with Gasteiger partial charge in [0.05, 0.1) is 6.54 Å². The molecule has 1 aliphatic rings. The predicted molar refractivity (Wildman–Crippen MR) is 98.6 cm³/mol. The van der Waals surface area contributed by atoms with Crippen molar-refractivity contribution in [2.45, 2.75) is 45.0 Å². The molecule has 1 aliphatic heterocycles. The zero-order chi connectivity index (χ0) is 23.0. The Balaban J connectivity index is 2.01. The number of nitrogen functional groups attached to an aromatic ring is 1. The van der Waals surface area contributed by atoms with Gasteiger partial charge in [-0.3, -0.25) is 5.01 Å². The molecule has 3 heterocycles. The number of rotatable bonds is 7. The molecule has 3 N–H and O–H groups in total. The van der Waals surface area contributed by atoms with Gasteiger partial charge in [-0.25, -0.2) is 14.2 Å². The van der Waals surface area contributed by atoms with Crippen molar-refractivity contribution in [2.75, 3.05) is 35.8 Å². The lowest BCUT2D eigenvalue weighted by Gasteiger charge is -2.27. The van der Waals surface area contributed by atoms with Crippen LogP contribution >= 0.6 is 0 Å². The first-order valence-corrected chi connectivity index (χ1v) is 9.17. The van der Waals surface area contributed by atoms with Crippen LogP contribution in [0, 0.1) is 6.92 Å². The standard InChI is InChI=1S/C16H21F5N8O2/c1-8(16(19,20)21)30-14-25-12(28-5-4-15(17,18)7-28)11(22)13(26-14)29(23-3)6-10-24-9(2)27-31-10/h8,23H,4-7,22H2,1-3H3/t8-/m0/s1. The molecule has 1 atom stereocenters. The molecule has 31 heavy (non-hydrogen) atoms. The molecule has 0 aromatic carbocycles. The smallest absolute Gasteiger partial charge is 0.425 e. The lowest BCUT2D eigenvalue weighted by molar-refractivity contribution is -0.190. The second-order valence-electron chi connectivity index (χ2n) is 6.94. The van der Waals surface area contributed by atoms with Crippen LogP contribution in [0.5, 0.6) is 6.01 Å². The fourth-order valence-electron chi connectivity index (χ4n) is 2.87. The molecule has 1 saturated heterocycles. The minimum absolute atomic E-state index is 0.0670. The fraction of sp³-hybridized carbons (Fsp3) is 0.625. The first-order chi connectivity index (χ1) is 14.4. The summed E-state index contributed by atoms with van der Waals surface area (Å²) in [5.41, 5.74) is 8.76. The van der Waals surface area contributed by atoms with Gasteiger partial charge in [0.15, 0.2) is 23.6 Å². The molecule has 0 radical (unpaired) electrons. The molecule has 0 bridgehead atoms. The molecule has 172 valence electrons. The number of alkyl halides is 5. The van der Waals surface area contributed by atoms with Crippen molar-refractivity contribution >= 4 is 17.3 Å². The Kier molecular flexibility index (Phi) is 6.07. The third-order valence-corrected chi connectivity index (χ3v) is 4.49. The fourth-order valence-corrected chi connectivity index (χ4v) is 2.87. The number of hydrogen-bond acceptors (Lipinski definition) is 10. The number of nitrogens with two attached hydrogens (primary N) is 1. The summed E-state index contributed by atoms with van der Waals surface area (Å²) >= 11 is 0. The Hall–Kier alpha value is -2.97. The highest BCUT2D eigenvalue weighted by Crippen LogP contribution is 2.37. The zero-order valence-corrected chi connectivity index (χ0v) is 16.9. The van der Waals surface area contributed by atoms with E-state index in [9.17, 15) is 22.0 Å². The molecule has 0 spiro atoms. The summed E-state index contributed by atoms with van der Waals surface area (Å²) in [6.07, 6.45) is -7.37. The molecule has 15 heteroatoms. The van der Waals surface area contributed by atoms with Gasteiger partial charge in [-0.05, 0) is 13.8 Å². The topological polar surface area (TPSA) is 118 Å². The first-order valence-electron chi connectivity index (χ1n) is 9.17. The van der Waals surface area contributed by atoms with Crippen molar-refractivity contribution in [3.05, 3.63) is 11.7 Å². The van der Waals surface area contributed by atoms with Gasteiger partial charge >= 0.3 is 12.2 Å². The van der Waals surface area contributed by atoms with E-state index in [1.165, 1.54) is 17.0 Å². The number of aryl methyl sites for hydroxylation is 1. The zero-order valence-electron chi connectivity index (χ0n) is 16.9. The Labute approximate surface area is 173 Å². The van der Waals surface area contributed by atoms with Crippen LogP contribution in [0.15, 0.2) is 4.52 Å². The monoisotopic (exact) mass is 452 g/mol. The molecular weight excluding hydrogens is 431 g/mol. The van der Waals surface area contributed by atoms with Crippen LogP contribution < -0.4 is 25.8 Å². The van der Waals surface area contributed by atoms with E-state index >= 15 is 0 Å². The Morgan fingerprint density at radius 3 is 2.55 bits per heavy atom. The molecule has 0 amide bonds. The lowest BCUT2D eigenvalue weighted by Crippen LogP contribution is -2.37. The maximum Gasteiger partial charge on any atom is 0.425 e. The van der Waals surface area contributed by atoms with Crippen LogP contribution in [0.3, 0.4) is 0 Å². The van der Waals surface area contributed by atoms with Crippen molar-refractivity contribution in [2.24, 2.45) is 0 Å². The van der Waals surface area contributed by atoms with Crippen molar-refractivity contribution in [3.8, 4) is 6.01 Å². The molecule has 1 fully saturated rings. The number of halogens is 5. The summed E-state index contributed by atoms with van der Waals surface area (Å²) in [7, 11) is 1.49. The lowest BCUT2D eigenvalue weighted by atomic mass is 10.3. The van der Waals surface area contributed by atoms with E-state index in [-0.39, 0.29) is 36.3 Å². The predicted octanol–water partition coefficient (Wildman–Crippen LogP) is 2.07. The molecule has 10 nitrogen and oxygen atoms in total. The Bertz CT molecular complexity index is 922. The average Bonchev–Trinajstić information content (AvgIpc) is 3.24. The minimum Gasteiger partial charge on any atom is -0.451 e. The maximum absolute atomic E-state index is 13.7. The maximum atomic E-state index is 13.7. The van der Waals surface area contributed by atoms with Gasteiger partial charge < -0.3 is 19.9 Å². The molecule has 0 aliphatic carbocycles. The quantitative estimate of drug-likeness (QED) is 0.477. The van der Waals surface area contributed by atoms with Crippen LogP contribution in [-0.2, 0) is 6.54 Å². The average molecular weight is 452 g/mol. The molecular formula is C16H21F5N8O2. The van der Waals surface area contributed by atoms with Gasteiger partial charge in [0.25, 0.3) is 5.92 Å². The number of hydrogen-bond donors (Lipinski definition) is 2. The molecule has 0 unspecified atom stereocenters. The normalized spacial score (nSPS) is 17.1. The Morgan fingerprint density at radius 2 is 2.03 bits per heavy atom. The first kappa shape index (κ1) is 22.7. The summed E-state index contributed by atoms with van der Waals surface area (Å²) < 4.78 is 76.3. The summed E-state index contributed by atoms with van der Waals surface area (Å²) in [5, 5.41) is 4.95. The third-order valence-electron chi connectivity index (χ3n) is 4.49. The van der Waals surface area contributed by atoms with E-state index in [0.717, 1.165) is 6.92 Å². The summed E-state index contributed by atoms with van der Waals surface area (Å²) in [6, 6.07) is -0.666. The van der Waals surface area contributed by atoms with Gasteiger partial charge in [0, 0.05) is 20.0 Å². The molecule has 2 aromatic heterocycles. The number of aromatic nitrogens is 4. The summed E-state index contributed by atoms with van der Waals surface area (Å²) in [6.45, 7) is 1.53. The van der Waals surface area contributed by atoms with Crippen molar-refractivity contribution < 1.29 is 31.2 Å². The third kappa shape index (κ3) is 5.21. The molecule has 0 saturated carbocycles. The van der Waals surface area contributed by atoms with Crippen LogP contribution in [0.25, 0.3) is 0 Å². The highest BCUT2D eigenvalue weighted by molar-refractivity contribution is 5.76. The Morgan fingerprint density at radius 1 is 1.32 bits per heavy atom. The SMILES string of the molecule is CNN(Cc1nc(C)no1)c1nc(O[C@@H](C)C(F)(F)F)nc(N2CCC(F)(F)C2)c1N. The van der Waals surface area contributed by atoms with Gasteiger partial charge in [-0.15, -0.1) is 0 Å².